The minimum atomic E-state index is 0.641. The van der Waals surface area contributed by atoms with Crippen LogP contribution in [-0.2, 0) is 6.54 Å². The topological polar surface area (TPSA) is 12.0 Å². The molecule has 0 amide bonds. The molecule has 1 N–H and O–H groups in total. The van der Waals surface area contributed by atoms with E-state index in [4.69, 9.17) is 0 Å². The molecule has 1 atom stereocenters. The van der Waals surface area contributed by atoms with Crippen LogP contribution in [-0.4, -0.2) is 0 Å². The van der Waals surface area contributed by atoms with Gasteiger partial charge in [0.1, 0.15) is 0 Å². The third kappa shape index (κ3) is 1.72. The first-order valence-corrected chi connectivity index (χ1v) is 8.61. The van der Waals surface area contributed by atoms with Crippen LogP contribution < -0.4 is 5.32 Å². The number of nitrogens with one attached hydrogen (secondary N) is 1. The molecular formula is C19H25N. The van der Waals surface area contributed by atoms with Gasteiger partial charge in [0, 0.05) is 12.6 Å². The van der Waals surface area contributed by atoms with E-state index in [0.29, 0.717) is 11.5 Å². The highest BCUT2D eigenvalue weighted by atomic mass is 14.9. The molecule has 1 nitrogen and oxygen atoms in total. The van der Waals surface area contributed by atoms with E-state index in [1.165, 1.54) is 6.42 Å². The van der Waals surface area contributed by atoms with Crippen LogP contribution in [0.1, 0.15) is 62.1 Å². The summed E-state index contributed by atoms with van der Waals surface area (Å²) in [6.07, 6.45) is 10.7. The second kappa shape index (κ2) is 4.10. The van der Waals surface area contributed by atoms with Gasteiger partial charge in [-0.3, -0.25) is 0 Å². The zero-order valence-electron chi connectivity index (χ0n) is 12.3. The average Bonchev–Trinajstić information content (AvgIpc) is 2.80. The Hall–Kier alpha value is -0.820. The summed E-state index contributed by atoms with van der Waals surface area (Å²) in [6, 6.07) is 9.72. The lowest BCUT2D eigenvalue weighted by atomic mass is 9.48. The molecule has 1 unspecified atom stereocenters. The summed E-state index contributed by atoms with van der Waals surface area (Å²) in [4.78, 5) is 0. The molecule has 1 aliphatic heterocycles. The predicted molar refractivity (Wildman–Crippen MR) is 81.2 cm³/mol. The van der Waals surface area contributed by atoms with Crippen molar-refractivity contribution in [3.63, 3.8) is 0 Å². The minimum Gasteiger partial charge on any atom is -0.306 e. The Kier molecular flexibility index (Phi) is 2.42. The van der Waals surface area contributed by atoms with Gasteiger partial charge >= 0.3 is 0 Å². The molecule has 4 bridgehead atoms. The first-order valence-electron chi connectivity index (χ1n) is 8.61. The maximum atomic E-state index is 3.80. The molecule has 6 rings (SSSR count). The molecule has 0 radical (unpaired) electrons. The number of hydrogen-bond acceptors (Lipinski definition) is 1. The van der Waals surface area contributed by atoms with Crippen molar-refractivity contribution in [1.29, 1.82) is 0 Å². The van der Waals surface area contributed by atoms with Gasteiger partial charge in [-0.1, -0.05) is 24.3 Å². The normalized spacial score (nSPS) is 44.8. The summed E-state index contributed by atoms with van der Waals surface area (Å²) < 4.78 is 0. The van der Waals surface area contributed by atoms with Gasteiger partial charge in [-0.25, -0.2) is 0 Å². The maximum absolute atomic E-state index is 3.80. The molecule has 1 heterocycles. The molecule has 4 saturated carbocycles. The fourth-order valence-corrected chi connectivity index (χ4v) is 6.53. The SMILES string of the molecule is c1ccc2c(c1)CNC2CC12CC3CC(CC(C3)C1)C2. The molecule has 5 aliphatic rings. The van der Waals surface area contributed by atoms with Crippen molar-refractivity contribution in [3.05, 3.63) is 35.4 Å². The van der Waals surface area contributed by atoms with Gasteiger partial charge in [-0.15, -0.1) is 0 Å². The summed E-state index contributed by atoms with van der Waals surface area (Å²) in [5, 5.41) is 3.80. The summed E-state index contributed by atoms with van der Waals surface area (Å²) in [6.45, 7) is 1.09. The van der Waals surface area contributed by atoms with Gasteiger partial charge in [0.05, 0.1) is 0 Å². The van der Waals surface area contributed by atoms with Gasteiger partial charge in [0.2, 0.25) is 0 Å². The van der Waals surface area contributed by atoms with E-state index in [2.05, 4.69) is 29.6 Å². The fraction of sp³-hybridized carbons (Fsp3) is 0.684. The van der Waals surface area contributed by atoms with Gasteiger partial charge < -0.3 is 5.32 Å². The highest BCUT2D eigenvalue weighted by molar-refractivity contribution is 5.34. The molecule has 106 valence electrons. The highest BCUT2D eigenvalue weighted by Crippen LogP contribution is 2.62. The molecule has 4 fully saturated rings. The molecular weight excluding hydrogens is 242 g/mol. The van der Waals surface area contributed by atoms with Crippen LogP contribution in [0, 0.1) is 23.2 Å². The Morgan fingerprint density at radius 2 is 1.60 bits per heavy atom. The van der Waals surface area contributed by atoms with E-state index in [0.717, 1.165) is 24.3 Å². The van der Waals surface area contributed by atoms with Crippen LogP contribution in [0.25, 0.3) is 0 Å². The highest BCUT2D eigenvalue weighted by Gasteiger charge is 2.51. The summed E-state index contributed by atoms with van der Waals surface area (Å²) in [5.41, 5.74) is 3.84. The summed E-state index contributed by atoms with van der Waals surface area (Å²) >= 11 is 0. The second-order valence-corrected chi connectivity index (χ2v) is 8.25. The van der Waals surface area contributed by atoms with Gasteiger partial charge in [0.15, 0.2) is 0 Å². The molecule has 0 saturated heterocycles. The van der Waals surface area contributed by atoms with Crippen molar-refractivity contribution in [2.24, 2.45) is 23.2 Å². The van der Waals surface area contributed by atoms with Crippen molar-refractivity contribution >= 4 is 0 Å². The van der Waals surface area contributed by atoms with Crippen LogP contribution in [0.15, 0.2) is 24.3 Å². The van der Waals surface area contributed by atoms with E-state index in [-0.39, 0.29) is 0 Å². The standard InChI is InChI=1S/C19H25N/c1-2-4-17-16(3-1)12-20-18(17)11-19-8-13-5-14(9-19)7-15(6-13)10-19/h1-4,13-15,18,20H,5-12H2. The molecule has 0 spiro atoms. The zero-order valence-corrected chi connectivity index (χ0v) is 12.3. The predicted octanol–water partition coefficient (Wildman–Crippen LogP) is 4.44. The molecule has 0 aromatic heterocycles. The lowest BCUT2D eigenvalue weighted by molar-refractivity contribution is -0.0618. The third-order valence-electron chi connectivity index (χ3n) is 6.77. The van der Waals surface area contributed by atoms with Gasteiger partial charge in [-0.05, 0) is 79.2 Å². The van der Waals surface area contributed by atoms with Crippen LogP contribution in [0.2, 0.25) is 0 Å². The Morgan fingerprint density at radius 3 is 2.30 bits per heavy atom. The zero-order chi connectivity index (χ0) is 13.2. The van der Waals surface area contributed by atoms with Gasteiger partial charge in [0.25, 0.3) is 0 Å². The molecule has 4 aliphatic carbocycles. The third-order valence-corrected chi connectivity index (χ3v) is 6.77. The molecule has 1 aromatic rings. The first-order chi connectivity index (χ1) is 9.80. The van der Waals surface area contributed by atoms with Crippen LogP contribution in [0.5, 0.6) is 0 Å². The van der Waals surface area contributed by atoms with Crippen molar-refractivity contribution in [2.75, 3.05) is 0 Å². The Balaban J connectivity index is 1.42. The van der Waals surface area contributed by atoms with Crippen molar-refractivity contribution < 1.29 is 0 Å². The Morgan fingerprint density at radius 1 is 0.950 bits per heavy atom. The Bertz CT molecular complexity index is 497. The molecule has 20 heavy (non-hydrogen) atoms. The first kappa shape index (κ1) is 11.8. The van der Waals surface area contributed by atoms with E-state index >= 15 is 0 Å². The largest absolute Gasteiger partial charge is 0.306 e. The van der Waals surface area contributed by atoms with E-state index < -0.39 is 0 Å². The number of rotatable bonds is 2. The van der Waals surface area contributed by atoms with E-state index in [1.807, 2.05) is 0 Å². The van der Waals surface area contributed by atoms with Crippen LogP contribution in [0.4, 0.5) is 0 Å². The number of benzene rings is 1. The summed E-state index contributed by atoms with van der Waals surface area (Å²) in [5.74, 6) is 3.24. The molecule has 1 aromatic carbocycles. The van der Waals surface area contributed by atoms with E-state index in [9.17, 15) is 0 Å². The lowest BCUT2D eigenvalue weighted by Gasteiger charge is -2.57. The fourth-order valence-electron chi connectivity index (χ4n) is 6.53. The lowest BCUT2D eigenvalue weighted by Crippen LogP contribution is -2.47. The van der Waals surface area contributed by atoms with Crippen molar-refractivity contribution in [1.82, 2.24) is 5.32 Å². The maximum Gasteiger partial charge on any atom is 0.0331 e. The quantitative estimate of drug-likeness (QED) is 0.835. The van der Waals surface area contributed by atoms with Gasteiger partial charge in [-0.2, -0.15) is 0 Å². The average molecular weight is 267 g/mol. The smallest absolute Gasteiger partial charge is 0.0331 e. The summed E-state index contributed by atoms with van der Waals surface area (Å²) in [7, 11) is 0. The molecule has 1 heteroatoms. The van der Waals surface area contributed by atoms with Crippen LogP contribution >= 0.6 is 0 Å². The van der Waals surface area contributed by atoms with Crippen LogP contribution in [0.3, 0.4) is 0 Å². The van der Waals surface area contributed by atoms with E-state index in [1.54, 1.807) is 49.7 Å². The second-order valence-electron chi connectivity index (χ2n) is 8.25. The monoisotopic (exact) mass is 267 g/mol. The number of hydrogen-bond donors (Lipinski definition) is 1. The Labute approximate surface area is 122 Å². The van der Waals surface area contributed by atoms with Crippen molar-refractivity contribution in [3.8, 4) is 0 Å². The minimum absolute atomic E-state index is 0.641. The number of fused-ring (bicyclic) bond motifs is 1. The van der Waals surface area contributed by atoms with Crippen molar-refractivity contribution in [2.45, 2.75) is 57.5 Å².